The van der Waals surface area contributed by atoms with Gasteiger partial charge in [0.25, 0.3) is 5.56 Å². The van der Waals surface area contributed by atoms with Crippen molar-refractivity contribution in [2.24, 2.45) is 5.92 Å². The molecule has 8 heteroatoms. The Labute approximate surface area is 176 Å². The number of carbonyl (C=O) groups is 1. The molecule has 0 saturated heterocycles. The zero-order valence-electron chi connectivity index (χ0n) is 15.5. The summed E-state index contributed by atoms with van der Waals surface area (Å²) < 4.78 is 1.44. The van der Waals surface area contributed by atoms with E-state index in [-0.39, 0.29) is 18.0 Å². The third kappa shape index (κ3) is 3.69. The van der Waals surface area contributed by atoms with Crippen LogP contribution in [0.25, 0.3) is 10.2 Å². The summed E-state index contributed by atoms with van der Waals surface area (Å²) in [7, 11) is 0. The number of halogens is 2. The van der Waals surface area contributed by atoms with Crippen molar-refractivity contribution in [2.45, 2.75) is 39.7 Å². The lowest BCUT2D eigenvalue weighted by Crippen LogP contribution is -2.30. The van der Waals surface area contributed by atoms with Crippen LogP contribution < -0.4 is 10.9 Å². The van der Waals surface area contributed by atoms with E-state index in [1.165, 1.54) is 9.44 Å². The third-order valence-corrected chi connectivity index (χ3v) is 6.64. The van der Waals surface area contributed by atoms with Gasteiger partial charge in [-0.05, 0) is 55.9 Å². The Hall–Kier alpha value is -1.89. The van der Waals surface area contributed by atoms with Crippen LogP contribution in [-0.4, -0.2) is 15.5 Å². The maximum Gasteiger partial charge on any atom is 0.263 e. The monoisotopic (exact) mass is 435 g/mol. The standard InChI is InChI=1S/C20H19Cl2N3O2S/c1-10-3-4-15-16(5-10)28-19-18(15)20(27)25(11(2)23-19)9-17(26)24-14-7-12(21)6-13(22)8-14/h6-8,10H,3-5,9H2,1-2H3,(H,24,26). The fourth-order valence-corrected chi connectivity index (χ4v) is 5.63. The molecule has 0 fully saturated rings. The third-order valence-electron chi connectivity index (χ3n) is 5.05. The van der Waals surface area contributed by atoms with E-state index in [1.807, 2.05) is 0 Å². The lowest BCUT2D eigenvalue weighted by atomic mass is 9.89. The van der Waals surface area contributed by atoms with Gasteiger partial charge in [-0.15, -0.1) is 11.3 Å². The van der Waals surface area contributed by atoms with E-state index in [2.05, 4.69) is 17.2 Å². The molecule has 1 aliphatic rings. The summed E-state index contributed by atoms with van der Waals surface area (Å²) >= 11 is 13.6. The van der Waals surface area contributed by atoms with Crippen molar-refractivity contribution in [3.05, 3.63) is 54.9 Å². The number of carbonyl (C=O) groups excluding carboxylic acids is 1. The highest BCUT2D eigenvalue weighted by atomic mass is 35.5. The molecule has 0 bridgehead atoms. The molecule has 1 atom stereocenters. The fraction of sp³-hybridized carbons (Fsp3) is 0.350. The van der Waals surface area contributed by atoms with Crippen LogP contribution in [0.2, 0.25) is 10.0 Å². The number of aromatic nitrogens is 2. The molecular formula is C20H19Cl2N3O2S. The normalized spacial score (nSPS) is 16.2. The fourth-order valence-electron chi connectivity index (χ4n) is 3.68. The number of anilines is 1. The Morgan fingerprint density at radius 2 is 2.04 bits per heavy atom. The molecule has 146 valence electrons. The molecule has 1 N–H and O–H groups in total. The molecule has 0 aliphatic heterocycles. The highest BCUT2D eigenvalue weighted by Gasteiger charge is 2.24. The first-order chi connectivity index (χ1) is 13.3. The lowest BCUT2D eigenvalue weighted by Gasteiger charge is -2.17. The van der Waals surface area contributed by atoms with Gasteiger partial charge in [-0.1, -0.05) is 30.1 Å². The molecular weight excluding hydrogens is 417 g/mol. The van der Waals surface area contributed by atoms with Crippen molar-refractivity contribution >= 4 is 56.3 Å². The summed E-state index contributed by atoms with van der Waals surface area (Å²) in [6.07, 6.45) is 2.96. The highest BCUT2D eigenvalue weighted by Crippen LogP contribution is 2.35. The van der Waals surface area contributed by atoms with Crippen LogP contribution in [0.3, 0.4) is 0 Å². The molecule has 5 nitrogen and oxygen atoms in total. The van der Waals surface area contributed by atoms with Gasteiger partial charge in [-0.3, -0.25) is 14.2 Å². The van der Waals surface area contributed by atoms with Gasteiger partial charge in [0.05, 0.1) is 5.39 Å². The Kier molecular flexibility index (Phi) is 5.21. The van der Waals surface area contributed by atoms with E-state index in [4.69, 9.17) is 23.2 Å². The minimum atomic E-state index is -0.331. The molecule has 0 spiro atoms. The summed E-state index contributed by atoms with van der Waals surface area (Å²) in [5.41, 5.74) is 1.46. The van der Waals surface area contributed by atoms with Crippen LogP contribution in [-0.2, 0) is 24.2 Å². The van der Waals surface area contributed by atoms with E-state index in [1.54, 1.807) is 36.5 Å². The van der Waals surface area contributed by atoms with Gasteiger partial charge in [0, 0.05) is 20.6 Å². The van der Waals surface area contributed by atoms with Gasteiger partial charge in [0.15, 0.2) is 0 Å². The number of thiophene rings is 1. The summed E-state index contributed by atoms with van der Waals surface area (Å²) in [5, 5.41) is 4.28. The predicted molar refractivity (Wildman–Crippen MR) is 115 cm³/mol. The highest BCUT2D eigenvalue weighted by molar-refractivity contribution is 7.18. The molecule has 2 aromatic heterocycles. The molecule has 1 aromatic carbocycles. The van der Waals surface area contributed by atoms with Crippen LogP contribution in [0.15, 0.2) is 23.0 Å². The number of nitrogens with one attached hydrogen (secondary N) is 1. The second kappa shape index (κ2) is 7.50. The van der Waals surface area contributed by atoms with Crippen molar-refractivity contribution in [1.29, 1.82) is 0 Å². The van der Waals surface area contributed by atoms with Crippen LogP contribution >= 0.6 is 34.5 Å². The summed E-state index contributed by atoms with van der Waals surface area (Å²) in [6, 6.07) is 4.81. The number of amides is 1. The van der Waals surface area contributed by atoms with Crippen LogP contribution in [0.5, 0.6) is 0 Å². The molecule has 2 heterocycles. The average Bonchev–Trinajstić information content (AvgIpc) is 2.94. The van der Waals surface area contributed by atoms with Crippen LogP contribution in [0, 0.1) is 12.8 Å². The van der Waals surface area contributed by atoms with Gasteiger partial charge in [-0.2, -0.15) is 0 Å². The van der Waals surface area contributed by atoms with Crippen molar-refractivity contribution in [3.8, 4) is 0 Å². The van der Waals surface area contributed by atoms with Crippen LogP contribution in [0.4, 0.5) is 5.69 Å². The molecule has 4 rings (SSSR count). The SMILES string of the molecule is Cc1nc2sc3c(c2c(=O)n1CC(=O)Nc1cc(Cl)cc(Cl)c1)CCC(C)C3. The first-order valence-corrected chi connectivity index (χ1v) is 10.7. The number of rotatable bonds is 3. The Balaban J connectivity index is 1.67. The zero-order chi connectivity index (χ0) is 20.0. The molecule has 1 unspecified atom stereocenters. The molecule has 1 amide bonds. The number of hydrogen-bond acceptors (Lipinski definition) is 4. The van der Waals surface area contributed by atoms with E-state index in [0.717, 1.165) is 29.7 Å². The number of fused-ring (bicyclic) bond motifs is 3. The maximum atomic E-state index is 13.2. The minimum Gasteiger partial charge on any atom is -0.324 e. The van der Waals surface area contributed by atoms with E-state index >= 15 is 0 Å². The smallest absolute Gasteiger partial charge is 0.263 e. The number of benzene rings is 1. The summed E-state index contributed by atoms with van der Waals surface area (Å²) in [4.78, 5) is 32.3. The second-order valence-electron chi connectivity index (χ2n) is 7.29. The number of aryl methyl sites for hydroxylation is 2. The van der Waals surface area contributed by atoms with Crippen molar-refractivity contribution < 1.29 is 4.79 Å². The first kappa shape index (κ1) is 19.4. The summed E-state index contributed by atoms with van der Waals surface area (Å²) in [5.74, 6) is 0.824. The van der Waals surface area contributed by atoms with Crippen molar-refractivity contribution in [3.63, 3.8) is 0 Å². The predicted octanol–water partition coefficient (Wildman–Crippen LogP) is 4.84. The molecule has 1 aliphatic carbocycles. The number of nitrogens with zero attached hydrogens (tertiary/aromatic N) is 2. The lowest BCUT2D eigenvalue weighted by molar-refractivity contribution is -0.116. The van der Waals surface area contributed by atoms with Gasteiger partial charge >= 0.3 is 0 Å². The first-order valence-electron chi connectivity index (χ1n) is 9.09. The largest absolute Gasteiger partial charge is 0.324 e. The molecule has 28 heavy (non-hydrogen) atoms. The Morgan fingerprint density at radius 3 is 2.75 bits per heavy atom. The van der Waals surface area contributed by atoms with E-state index in [9.17, 15) is 9.59 Å². The average molecular weight is 436 g/mol. The van der Waals surface area contributed by atoms with Gasteiger partial charge in [0.2, 0.25) is 5.91 Å². The summed E-state index contributed by atoms with van der Waals surface area (Å²) in [6.45, 7) is 3.88. The minimum absolute atomic E-state index is 0.112. The molecule has 0 radical (unpaired) electrons. The quantitative estimate of drug-likeness (QED) is 0.639. The maximum absolute atomic E-state index is 13.2. The Bertz CT molecular complexity index is 1130. The van der Waals surface area contributed by atoms with Gasteiger partial charge in [0.1, 0.15) is 17.2 Å². The molecule has 0 saturated carbocycles. The van der Waals surface area contributed by atoms with E-state index in [0.29, 0.717) is 32.9 Å². The van der Waals surface area contributed by atoms with Gasteiger partial charge in [-0.25, -0.2) is 4.98 Å². The van der Waals surface area contributed by atoms with Crippen molar-refractivity contribution in [1.82, 2.24) is 9.55 Å². The van der Waals surface area contributed by atoms with Gasteiger partial charge < -0.3 is 5.32 Å². The number of hydrogen-bond donors (Lipinski definition) is 1. The molecule has 3 aromatic rings. The Morgan fingerprint density at radius 1 is 1.32 bits per heavy atom. The van der Waals surface area contributed by atoms with Crippen molar-refractivity contribution in [2.75, 3.05) is 5.32 Å². The van der Waals surface area contributed by atoms with E-state index < -0.39 is 0 Å². The topological polar surface area (TPSA) is 64.0 Å². The van der Waals surface area contributed by atoms with Crippen LogP contribution in [0.1, 0.15) is 29.6 Å². The zero-order valence-corrected chi connectivity index (χ0v) is 17.8. The second-order valence-corrected chi connectivity index (χ2v) is 9.25.